The summed E-state index contributed by atoms with van der Waals surface area (Å²) in [6, 6.07) is 0. The summed E-state index contributed by atoms with van der Waals surface area (Å²) >= 11 is 0. The maximum Gasteiger partial charge on any atom is 0.306 e. The van der Waals surface area contributed by atoms with E-state index in [9.17, 15) is 9.59 Å². The zero-order valence-corrected chi connectivity index (χ0v) is 9.85. The highest BCUT2D eigenvalue weighted by atomic mass is 16.6. The van der Waals surface area contributed by atoms with Crippen molar-refractivity contribution in [3.05, 3.63) is 0 Å². The highest BCUT2D eigenvalue weighted by Gasteiger charge is 2.37. The molecule has 4 nitrogen and oxygen atoms in total. The first-order valence-electron chi connectivity index (χ1n) is 5.19. The number of carbonyl (C=O) groups excluding carboxylic acids is 2. The maximum atomic E-state index is 11.6. The fourth-order valence-electron chi connectivity index (χ4n) is 1.68. The molecule has 0 aromatic rings. The topological polar surface area (TPSA) is 55.4 Å². The minimum absolute atomic E-state index is 0.0149. The van der Waals surface area contributed by atoms with Gasteiger partial charge in [0.1, 0.15) is 5.60 Å². The molecule has 0 aromatic heterocycles. The lowest BCUT2D eigenvalue weighted by molar-refractivity contribution is -0.157. The molecule has 1 fully saturated rings. The van der Waals surface area contributed by atoms with Crippen molar-refractivity contribution >= 4 is 11.9 Å². The van der Waals surface area contributed by atoms with E-state index in [1.54, 1.807) is 0 Å². The molecule has 1 aliphatic rings. The molecular formula is C11H19NO3. The second-order valence-electron chi connectivity index (χ2n) is 5.53. The molecule has 1 atom stereocenters. The first-order valence-corrected chi connectivity index (χ1v) is 5.19. The second kappa shape index (κ2) is 3.83. The van der Waals surface area contributed by atoms with Gasteiger partial charge in [0.25, 0.3) is 0 Å². The van der Waals surface area contributed by atoms with Crippen molar-refractivity contribution in [1.82, 2.24) is 5.32 Å². The SMILES string of the molecule is CC1(CC(=O)OC(C)(C)C)CNC(=O)C1. The van der Waals surface area contributed by atoms with Gasteiger partial charge >= 0.3 is 5.97 Å². The quantitative estimate of drug-likeness (QED) is 0.702. The molecule has 0 bridgehead atoms. The third-order valence-electron chi connectivity index (χ3n) is 2.29. The van der Waals surface area contributed by atoms with Gasteiger partial charge in [0.2, 0.25) is 5.91 Å². The number of amides is 1. The molecule has 1 N–H and O–H groups in total. The van der Waals surface area contributed by atoms with Gasteiger partial charge in [0.05, 0.1) is 6.42 Å². The molecule has 1 unspecified atom stereocenters. The van der Waals surface area contributed by atoms with Gasteiger partial charge in [-0.2, -0.15) is 0 Å². The Bertz CT molecular complexity index is 280. The van der Waals surface area contributed by atoms with Crippen molar-refractivity contribution in [2.75, 3.05) is 6.54 Å². The van der Waals surface area contributed by atoms with E-state index in [0.29, 0.717) is 19.4 Å². The summed E-state index contributed by atoms with van der Waals surface area (Å²) in [4.78, 5) is 22.6. The first-order chi connectivity index (χ1) is 6.70. The maximum absolute atomic E-state index is 11.6. The fraction of sp³-hybridized carbons (Fsp3) is 0.818. The summed E-state index contributed by atoms with van der Waals surface area (Å²) in [6.07, 6.45) is 0.704. The van der Waals surface area contributed by atoms with Gasteiger partial charge in [-0.05, 0) is 20.8 Å². The van der Waals surface area contributed by atoms with Crippen LogP contribution < -0.4 is 5.32 Å². The van der Waals surface area contributed by atoms with Crippen molar-refractivity contribution in [2.45, 2.75) is 46.1 Å². The lowest BCUT2D eigenvalue weighted by Gasteiger charge is -2.24. The zero-order valence-electron chi connectivity index (χ0n) is 9.85. The summed E-state index contributed by atoms with van der Waals surface area (Å²) in [5, 5.41) is 2.73. The molecule has 0 spiro atoms. The predicted molar refractivity (Wildman–Crippen MR) is 56.2 cm³/mol. The Hall–Kier alpha value is -1.06. The number of nitrogens with one attached hydrogen (secondary N) is 1. The zero-order chi connectivity index (χ0) is 11.7. The average molecular weight is 213 g/mol. The molecule has 1 amide bonds. The molecule has 1 aliphatic heterocycles. The van der Waals surface area contributed by atoms with E-state index in [1.807, 2.05) is 27.7 Å². The molecule has 0 aliphatic carbocycles. The van der Waals surface area contributed by atoms with Crippen LogP contribution in [0.4, 0.5) is 0 Å². The molecule has 1 heterocycles. The summed E-state index contributed by atoms with van der Waals surface area (Å²) in [5.74, 6) is -0.220. The normalized spacial score (nSPS) is 26.3. The first kappa shape index (κ1) is 12.0. The van der Waals surface area contributed by atoms with Crippen LogP contribution in [-0.2, 0) is 14.3 Å². The monoisotopic (exact) mass is 213 g/mol. The number of hydrogen-bond acceptors (Lipinski definition) is 3. The van der Waals surface area contributed by atoms with Crippen molar-refractivity contribution < 1.29 is 14.3 Å². The van der Waals surface area contributed by atoms with E-state index in [-0.39, 0.29) is 17.3 Å². The van der Waals surface area contributed by atoms with Crippen molar-refractivity contribution in [2.24, 2.45) is 5.41 Å². The van der Waals surface area contributed by atoms with Gasteiger partial charge in [-0.25, -0.2) is 0 Å². The highest BCUT2D eigenvalue weighted by Crippen LogP contribution is 2.30. The van der Waals surface area contributed by atoms with Gasteiger partial charge in [0, 0.05) is 18.4 Å². The molecule has 0 aromatic carbocycles. The Morgan fingerprint density at radius 3 is 2.53 bits per heavy atom. The van der Waals surface area contributed by atoms with E-state index in [4.69, 9.17) is 4.74 Å². The third kappa shape index (κ3) is 3.90. The molecule has 4 heteroatoms. The Morgan fingerprint density at radius 2 is 2.13 bits per heavy atom. The summed E-state index contributed by atoms with van der Waals surface area (Å²) in [7, 11) is 0. The standard InChI is InChI=1S/C11H19NO3/c1-10(2,3)15-9(14)6-11(4)5-8(13)12-7-11/h5-7H2,1-4H3,(H,12,13). The fourth-order valence-corrected chi connectivity index (χ4v) is 1.68. The average Bonchev–Trinajstić information content (AvgIpc) is 2.25. The van der Waals surface area contributed by atoms with Crippen LogP contribution in [0.1, 0.15) is 40.5 Å². The lowest BCUT2D eigenvalue weighted by atomic mass is 9.86. The number of rotatable bonds is 2. The van der Waals surface area contributed by atoms with Gasteiger partial charge in [-0.3, -0.25) is 9.59 Å². The Morgan fingerprint density at radius 1 is 1.53 bits per heavy atom. The van der Waals surface area contributed by atoms with Crippen LogP contribution in [0.15, 0.2) is 0 Å². The van der Waals surface area contributed by atoms with Gasteiger partial charge in [0.15, 0.2) is 0 Å². The Kier molecular flexibility index (Phi) is 3.07. The van der Waals surface area contributed by atoms with Crippen molar-refractivity contribution in [3.8, 4) is 0 Å². The van der Waals surface area contributed by atoms with Crippen LogP contribution in [0, 0.1) is 5.41 Å². The molecule has 1 saturated heterocycles. The summed E-state index contributed by atoms with van der Waals surface area (Å²) in [5.41, 5.74) is -0.733. The minimum atomic E-state index is -0.455. The van der Waals surface area contributed by atoms with Crippen LogP contribution in [0.3, 0.4) is 0 Å². The highest BCUT2D eigenvalue weighted by molar-refractivity contribution is 5.81. The lowest BCUT2D eigenvalue weighted by Crippen LogP contribution is -2.29. The van der Waals surface area contributed by atoms with E-state index in [2.05, 4.69) is 5.32 Å². The molecule has 86 valence electrons. The Labute approximate surface area is 90.4 Å². The molecule has 0 radical (unpaired) electrons. The summed E-state index contributed by atoms with van der Waals surface area (Å²) < 4.78 is 5.22. The van der Waals surface area contributed by atoms with E-state index < -0.39 is 5.60 Å². The number of hydrogen-bond donors (Lipinski definition) is 1. The second-order valence-corrected chi connectivity index (χ2v) is 5.53. The number of esters is 1. The van der Waals surface area contributed by atoms with Crippen LogP contribution in [0.5, 0.6) is 0 Å². The van der Waals surface area contributed by atoms with Crippen molar-refractivity contribution in [3.63, 3.8) is 0 Å². The van der Waals surface area contributed by atoms with Gasteiger partial charge in [-0.15, -0.1) is 0 Å². The third-order valence-corrected chi connectivity index (χ3v) is 2.29. The molecule has 0 saturated carbocycles. The van der Waals surface area contributed by atoms with Crippen LogP contribution in [-0.4, -0.2) is 24.0 Å². The van der Waals surface area contributed by atoms with Crippen LogP contribution in [0.2, 0.25) is 0 Å². The predicted octanol–water partition coefficient (Wildman–Crippen LogP) is 1.24. The van der Waals surface area contributed by atoms with Crippen LogP contribution in [0.25, 0.3) is 0 Å². The van der Waals surface area contributed by atoms with E-state index in [1.165, 1.54) is 0 Å². The smallest absolute Gasteiger partial charge is 0.306 e. The number of ether oxygens (including phenoxy) is 1. The van der Waals surface area contributed by atoms with Crippen LogP contribution >= 0.6 is 0 Å². The Balaban J connectivity index is 2.48. The largest absolute Gasteiger partial charge is 0.460 e. The van der Waals surface area contributed by atoms with Crippen molar-refractivity contribution in [1.29, 1.82) is 0 Å². The van der Waals surface area contributed by atoms with Gasteiger partial charge < -0.3 is 10.1 Å². The number of carbonyl (C=O) groups is 2. The summed E-state index contributed by atoms with van der Waals surface area (Å²) in [6.45, 7) is 8.00. The van der Waals surface area contributed by atoms with Gasteiger partial charge in [-0.1, -0.05) is 6.92 Å². The minimum Gasteiger partial charge on any atom is -0.460 e. The molecule has 1 rings (SSSR count). The molecule has 15 heavy (non-hydrogen) atoms. The van der Waals surface area contributed by atoms with E-state index >= 15 is 0 Å². The van der Waals surface area contributed by atoms with E-state index in [0.717, 1.165) is 0 Å². The molecular weight excluding hydrogens is 194 g/mol.